The molecule has 0 aromatic rings. The summed E-state index contributed by atoms with van der Waals surface area (Å²) in [7, 11) is 0. The minimum atomic E-state index is -5.04. The largest absolute Gasteiger partial charge is 0.456 e. The van der Waals surface area contributed by atoms with E-state index in [1.54, 1.807) is 13.8 Å². The van der Waals surface area contributed by atoms with E-state index in [0.717, 1.165) is 0 Å². The van der Waals surface area contributed by atoms with Crippen LogP contribution >= 0.6 is 0 Å². The molecule has 4 bridgehead atoms. The fourth-order valence-electron chi connectivity index (χ4n) is 10.4. The van der Waals surface area contributed by atoms with Gasteiger partial charge in [0.15, 0.2) is 11.2 Å². The van der Waals surface area contributed by atoms with Gasteiger partial charge in [-0.3, -0.25) is 9.59 Å². The number of nitrogens with one attached hydrogen (secondary N) is 2. The first-order valence-electron chi connectivity index (χ1n) is 18.4. The predicted molar refractivity (Wildman–Crippen MR) is 165 cm³/mol. The van der Waals surface area contributed by atoms with Gasteiger partial charge in [0.05, 0.1) is 11.1 Å². The Hall–Kier alpha value is -2.64. The molecule has 2 unspecified atom stereocenters. The second kappa shape index (κ2) is 12.4. The van der Waals surface area contributed by atoms with Crippen LogP contribution in [0.15, 0.2) is 22.7 Å². The monoisotopic (exact) mass is 766 g/mol. The summed E-state index contributed by atoms with van der Waals surface area (Å²) >= 11 is 0. The van der Waals surface area contributed by atoms with Crippen molar-refractivity contribution in [1.29, 1.82) is 0 Å². The molecule has 2 spiro atoms. The van der Waals surface area contributed by atoms with Crippen molar-refractivity contribution in [2.75, 3.05) is 13.1 Å². The van der Waals surface area contributed by atoms with Gasteiger partial charge < -0.3 is 29.6 Å². The highest BCUT2D eigenvalue weighted by Gasteiger charge is 2.72. The van der Waals surface area contributed by atoms with Crippen molar-refractivity contribution < 1.29 is 74.4 Å². The third-order valence-electron chi connectivity index (χ3n) is 13.0. The number of alkyl halides is 6. The predicted octanol–water partition coefficient (Wildman–Crippen LogP) is 5.73. The SMILES string of the molecule is C[C@@H]1CC[C@H]2C(C(=O)NCCCNC(=O)C3=C(C(F)(F)F)O[C@@H]4O[C@@]5(C)CCC6[C@H](C)CC[C@@H]3[C@]64OO5)=C(C(F)(F)F)O[C@@H]3O[C@@]4(C)CCC1[C@]32OO4. The normalized spacial score (nSPS) is 44.6. The highest BCUT2D eigenvalue weighted by molar-refractivity contribution is 5.96. The van der Waals surface area contributed by atoms with E-state index in [1.165, 1.54) is 0 Å². The number of fused-ring (bicyclic) bond motifs is 4. The Morgan fingerprint density at radius 2 is 1.04 bits per heavy atom. The number of rotatable bonds is 6. The molecule has 2 N–H and O–H groups in total. The number of amides is 2. The molecule has 8 fully saturated rings. The van der Waals surface area contributed by atoms with Crippen LogP contribution in [0.1, 0.15) is 85.5 Å². The zero-order valence-electron chi connectivity index (χ0n) is 29.7. The zero-order valence-corrected chi connectivity index (χ0v) is 29.7. The van der Waals surface area contributed by atoms with Gasteiger partial charge in [0.1, 0.15) is 0 Å². The van der Waals surface area contributed by atoms with Gasteiger partial charge in [0.25, 0.3) is 11.8 Å². The Bertz CT molecular complexity index is 1490. The summed E-state index contributed by atoms with van der Waals surface area (Å²) in [5, 5.41) is 5.00. The summed E-state index contributed by atoms with van der Waals surface area (Å²) < 4.78 is 110. The molecule has 8 aliphatic heterocycles. The highest BCUT2D eigenvalue weighted by atomic mass is 19.4. The number of carbonyl (C=O) groups is 2. The molecule has 2 amide bonds. The van der Waals surface area contributed by atoms with Crippen LogP contribution in [0, 0.1) is 35.5 Å². The van der Waals surface area contributed by atoms with Crippen LogP contribution in [-0.4, -0.2) is 72.6 Å². The zero-order chi connectivity index (χ0) is 37.9. The van der Waals surface area contributed by atoms with Crippen LogP contribution in [0.2, 0.25) is 0 Å². The molecule has 10 rings (SSSR count). The lowest BCUT2D eigenvalue weighted by atomic mass is 9.59. The highest BCUT2D eigenvalue weighted by Crippen LogP contribution is 2.63. The number of hydrogen-bond acceptors (Lipinski definition) is 10. The standard InChI is InChI=1S/C35H44F6N2O10/c1-16-6-8-20-22(24(34(36,37)38)46-28-32(20)18(16)10-12-30(3,48-28)50-52-32)26(44)42-14-5-15-43-27(45)23-21-9-7-17(2)19-11-13-31(4)49-29(33(19,21)53-51-31)47-25(23)35(39,40)41/h16-21,28-29H,5-15H2,1-4H3,(H,42,44)(H,43,45)/t16-,17-,18?,19?,20+,21+,28-,29-,30-,31-,32-,33-/m1/s1. The fourth-order valence-corrected chi connectivity index (χ4v) is 10.4. The Labute approximate surface area is 301 Å². The van der Waals surface area contributed by atoms with Gasteiger partial charge in [-0.25, -0.2) is 19.6 Å². The van der Waals surface area contributed by atoms with Crippen LogP contribution in [0.3, 0.4) is 0 Å². The maximum atomic E-state index is 14.5. The van der Waals surface area contributed by atoms with Gasteiger partial charge >= 0.3 is 12.4 Å². The van der Waals surface area contributed by atoms with Crippen molar-refractivity contribution in [1.82, 2.24) is 10.6 Å². The summed E-state index contributed by atoms with van der Waals surface area (Å²) in [5.74, 6) is -10.4. The summed E-state index contributed by atoms with van der Waals surface area (Å²) in [6.07, 6.45) is -9.83. The first-order valence-corrected chi connectivity index (χ1v) is 18.4. The molecule has 12 atom stereocenters. The molecule has 0 aromatic carbocycles. The summed E-state index contributed by atoms with van der Waals surface area (Å²) in [5.41, 5.74) is -4.23. The lowest BCUT2D eigenvalue weighted by Crippen LogP contribution is -2.68. The first kappa shape index (κ1) is 37.3. The number of ether oxygens (including phenoxy) is 4. The molecule has 2 aliphatic carbocycles. The Morgan fingerprint density at radius 3 is 1.42 bits per heavy atom. The van der Waals surface area contributed by atoms with Gasteiger partial charge in [0.2, 0.25) is 35.7 Å². The van der Waals surface area contributed by atoms with Crippen LogP contribution in [0.5, 0.6) is 0 Å². The van der Waals surface area contributed by atoms with Crippen molar-refractivity contribution in [3.05, 3.63) is 22.7 Å². The molecule has 10 aliphatic rings. The van der Waals surface area contributed by atoms with E-state index in [4.69, 9.17) is 38.5 Å². The Balaban J connectivity index is 0.987. The first-order chi connectivity index (χ1) is 24.8. The quantitative estimate of drug-likeness (QED) is 0.196. The molecular weight excluding hydrogens is 722 g/mol. The van der Waals surface area contributed by atoms with Crippen molar-refractivity contribution >= 4 is 11.8 Å². The van der Waals surface area contributed by atoms with E-state index in [0.29, 0.717) is 38.5 Å². The van der Waals surface area contributed by atoms with Gasteiger partial charge in [-0.15, -0.1) is 0 Å². The lowest BCUT2D eigenvalue weighted by molar-refractivity contribution is -0.557. The van der Waals surface area contributed by atoms with Crippen LogP contribution in [-0.2, 0) is 48.1 Å². The molecule has 0 aromatic heterocycles. The third kappa shape index (κ3) is 5.70. The minimum absolute atomic E-state index is 0.0220. The third-order valence-corrected chi connectivity index (χ3v) is 13.0. The maximum absolute atomic E-state index is 14.5. The molecule has 296 valence electrons. The number of hydrogen-bond donors (Lipinski definition) is 2. The molecule has 2 saturated carbocycles. The fraction of sp³-hybridized carbons (Fsp3) is 0.829. The average Bonchev–Trinajstić information content (AvgIpc) is 3.46. The molecule has 12 nitrogen and oxygen atoms in total. The van der Waals surface area contributed by atoms with Crippen LogP contribution in [0.25, 0.3) is 0 Å². The summed E-state index contributed by atoms with van der Waals surface area (Å²) in [6, 6.07) is 0. The van der Waals surface area contributed by atoms with Crippen molar-refractivity contribution in [3.63, 3.8) is 0 Å². The van der Waals surface area contributed by atoms with E-state index < -0.39 is 94.0 Å². The van der Waals surface area contributed by atoms with Gasteiger partial charge in [-0.05, 0) is 70.6 Å². The van der Waals surface area contributed by atoms with Gasteiger partial charge in [-0.2, -0.15) is 26.3 Å². The summed E-state index contributed by atoms with van der Waals surface area (Å²) in [4.78, 5) is 50.4. The average molecular weight is 767 g/mol. The molecule has 53 heavy (non-hydrogen) atoms. The maximum Gasteiger partial charge on any atom is 0.449 e. The van der Waals surface area contributed by atoms with E-state index in [-0.39, 0.29) is 56.0 Å². The molecule has 18 heteroatoms. The topological polar surface area (TPSA) is 132 Å². The van der Waals surface area contributed by atoms with E-state index in [9.17, 15) is 35.9 Å². The molecule has 8 heterocycles. The van der Waals surface area contributed by atoms with Crippen molar-refractivity contribution in [3.8, 4) is 0 Å². The Kier molecular flexibility index (Phi) is 8.75. The molecular formula is C35H44F6N2O10. The van der Waals surface area contributed by atoms with E-state index >= 15 is 0 Å². The van der Waals surface area contributed by atoms with E-state index in [1.807, 2.05) is 13.8 Å². The smallest absolute Gasteiger partial charge is 0.449 e. The number of carbonyl (C=O) groups excluding carboxylic acids is 2. The second-order valence-corrected chi connectivity index (χ2v) is 16.3. The molecule has 6 saturated heterocycles. The van der Waals surface area contributed by atoms with Crippen LogP contribution in [0.4, 0.5) is 26.3 Å². The van der Waals surface area contributed by atoms with Gasteiger partial charge in [0, 0.05) is 49.6 Å². The van der Waals surface area contributed by atoms with Crippen LogP contribution < -0.4 is 10.6 Å². The van der Waals surface area contributed by atoms with Gasteiger partial charge in [-0.1, -0.05) is 13.8 Å². The second-order valence-electron chi connectivity index (χ2n) is 16.3. The van der Waals surface area contributed by atoms with Crippen molar-refractivity contribution in [2.45, 2.75) is 133 Å². The molecule has 0 radical (unpaired) electrons. The number of halogens is 6. The minimum Gasteiger partial charge on any atom is -0.456 e. The Morgan fingerprint density at radius 1 is 0.642 bits per heavy atom. The van der Waals surface area contributed by atoms with E-state index in [2.05, 4.69) is 10.6 Å². The number of allylic oxidation sites excluding steroid dienone is 2. The van der Waals surface area contributed by atoms with Crippen molar-refractivity contribution in [2.24, 2.45) is 35.5 Å². The summed E-state index contributed by atoms with van der Waals surface area (Å²) in [6.45, 7) is 6.65. The lowest BCUT2D eigenvalue weighted by Gasteiger charge is -2.57.